The first-order valence-corrected chi connectivity index (χ1v) is 11.7. The highest BCUT2D eigenvalue weighted by Crippen LogP contribution is 2.32. The van der Waals surface area contributed by atoms with Crippen molar-refractivity contribution < 1.29 is 26.1 Å². The summed E-state index contributed by atoms with van der Waals surface area (Å²) in [6.07, 6.45) is 2.57. The lowest BCUT2D eigenvalue weighted by molar-refractivity contribution is 0.343. The first kappa shape index (κ1) is 20.6. The maximum atomic E-state index is 13.1. The molecule has 1 aromatic heterocycles. The number of ether oxygens (including phenoxy) is 1. The fraction of sp³-hybridized carbons (Fsp3) is 0.471. The highest BCUT2D eigenvalue weighted by Gasteiger charge is 2.30. The number of anilines is 1. The van der Waals surface area contributed by atoms with E-state index in [0.29, 0.717) is 13.1 Å². The Labute approximate surface area is 164 Å². The number of benzene rings is 1. The molecule has 154 valence electrons. The van der Waals surface area contributed by atoms with Crippen molar-refractivity contribution in [2.24, 2.45) is 0 Å². The van der Waals surface area contributed by atoms with Crippen LogP contribution in [-0.2, 0) is 20.0 Å². The van der Waals surface area contributed by atoms with Crippen LogP contribution in [0.5, 0.6) is 5.75 Å². The third-order valence-electron chi connectivity index (χ3n) is 4.59. The van der Waals surface area contributed by atoms with E-state index in [1.165, 1.54) is 43.5 Å². The maximum absolute atomic E-state index is 13.1. The fourth-order valence-electron chi connectivity index (χ4n) is 3.25. The molecule has 2 heterocycles. The van der Waals surface area contributed by atoms with Crippen molar-refractivity contribution in [2.45, 2.75) is 42.9 Å². The molecule has 1 aromatic carbocycles. The Kier molecular flexibility index (Phi) is 5.69. The summed E-state index contributed by atoms with van der Waals surface area (Å²) >= 11 is 0. The largest absolute Gasteiger partial charge is 0.495 e. The van der Waals surface area contributed by atoms with Crippen LogP contribution in [0.15, 0.2) is 32.5 Å². The van der Waals surface area contributed by atoms with Crippen LogP contribution in [0, 0.1) is 13.8 Å². The van der Waals surface area contributed by atoms with Gasteiger partial charge in [0, 0.05) is 13.1 Å². The predicted octanol–water partition coefficient (Wildman–Crippen LogP) is 2.28. The Balaban J connectivity index is 2.00. The van der Waals surface area contributed by atoms with E-state index in [-0.39, 0.29) is 32.7 Å². The number of methoxy groups -OCH3 is 1. The van der Waals surface area contributed by atoms with Gasteiger partial charge in [0.15, 0.2) is 10.7 Å². The summed E-state index contributed by atoms with van der Waals surface area (Å²) in [5.74, 6) is 0.311. The van der Waals surface area contributed by atoms with Gasteiger partial charge in [-0.2, -0.15) is 4.31 Å². The maximum Gasteiger partial charge on any atom is 0.267 e. The summed E-state index contributed by atoms with van der Waals surface area (Å²) in [6, 6.07) is 4.16. The van der Waals surface area contributed by atoms with Gasteiger partial charge in [0.1, 0.15) is 16.3 Å². The second-order valence-electron chi connectivity index (χ2n) is 6.59. The van der Waals surface area contributed by atoms with Crippen LogP contribution < -0.4 is 9.46 Å². The molecule has 0 amide bonds. The van der Waals surface area contributed by atoms with Crippen LogP contribution in [-0.4, -0.2) is 46.5 Å². The van der Waals surface area contributed by atoms with Crippen LogP contribution >= 0.6 is 0 Å². The standard InChI is InChI=1S/C17H23N3O6S2/c1-12-17(13(2)26-18-12)27(21,22)19-14-7-8-15(25-3)16(11-14)28(23,24)20-9-5-4-6-10-20/h7-8,11,19H,4-6,9-10H2,1-3H3. The third-order valence-corrected chi connectivity index (χ3v) is 8.13. The normalized spacial score (nSPS) is 16.1. The summed E-state index contributed by atoms with van der Waals surface area (Å²) in [5.41, 5.74) is 0.330. The molecule has 0 aliphatic carbocycles. The van der Waals surface area contributed by atoms with E-state index >= 15 is 0 Å². The second-order valence-corrected chi connectivity index (χ2v) is 10.1. The topological polar surface area (TPSA) is 119 Å². The molecule has 0 saturated carbocycles. The zero-order valence-corrected chi connectivity index (χ0v) is 17.6. The summed E-state index contributed by atoms with van der Waals surface area (Å²) in [4.78, 5) is -0.139. The van der Waals surface area contributed by atoms with E-state index in [0.717, 1.165) is 19.3 Å². The van der Waals surface area contributed by atoms with Gasteiger partial charge in [-0.05, 0) is 44.9 Å². The van der Waals surface area contributed by atoms with Crippen LogP contribution in [0.1, 0.15) is 30.7 Å². The van der Waals surface area contributed by atoms with E-state index in [2.05, 4.69) is 9.88 Å². The number of piperidine rings is 1. The van der Waals surface area contributed by atoms with Crippen LogP contribution in [0.3, 0.4) is 0 Å². The summed E-state index contributed by atoms with van der Waals surface area (Å²) < 4.78 is 65.5. The molecular weight excluding hydrogens is 406 g/mol. The molecule has 0 radical (unpaired) electrons. The van der Waals surface area contributed by atoms with Gasteiger partial charge in [0.05, 0.1) is 12.8 Å². The van der Waals surface area contributed by atoms with Crippen molar-refractivity contribution in [2.75, 3.05) is 24.9 Å². The Morgan fingerprint density at radius 3 is 2.36 bits per heavy atom. The lowest BCUT2D eigenvalue weighted by atomic mass is 10.2. The van der Waals surface area contributed by atoms with Gasteiger partial charge in [-0.15, -0.1) is 0 Å². The van der Waals surface area contributed by atoms with Crippen LogP contribution in [0.2, 0.25) is 0 Å². The number of aromatic nitrogens is 1. The minimum absolute atomic E-state index is 0.0660. The molecule has 9 nitrogen and oxygen atoms in total. The molecule has 1 saturated heterocycles. The molecule has 11 heteroatoms. The van der Waals surface area contributed by atoms with E-state index in [4.69, 9.17) is 9.26 Å². The molecule has 0 spiro atoms. The average Bonchev–Trinajstić information content (AvgIpc) is 3.01. The number of rotatable bonds is 6. The van der Waals surface area contributed by atoms with Gasteiger partial charge in [-0.25, -0.2) is 16.8 Å². The minimum atomic E-state index is -3.99. The predicted molar refractivity (Wildman–Crippen MR) is 102 cm³/mol. The molecule has 0 bridgehead atoms. The molecule has 1 N–H and O–H groups in total. The van der Waals surface area contributed by atoms with Gasteiger partial charge < -0.3 is 9.26 Å². The first-order chi connectivity index (χ1) is 13.2. The van der Waals surface area contributed by atoms with Crippen molar-refractivity contribution in [1.82, 2.24) is 9.46 Å². The molecule has 0 unspecified atom stereocenters. The SMILES string of the molecule is COc1ccc(NS(=O)(=O)c2c(C)noc2C)cc1S(=O)(=O)N1CCCCC1. The van der Waals surface area contributed by atoms with Gasteiger partial charge in [0.25, 0.3) is 10.0 Å². The highest BCUT2D eigenvalue weighted by atomic mass is 32.2. The number of nitrogens with zero attached hydrogens (tertiary/aromatic N) is 2. The molecule has 1 fully saturated rings. The molecule has 1 aliphatic rings. The second kappa shape index (κ2) is 7.72. The Morgan fingerprint density at radius 2 is 1.79 bits per heavy atom. The molecular formula is C17H23N3O6S2. The number of aryl methyl sites for hydroxylation is 2. The molecule has 28 heavy (non-hydrogen) atoms. The Hall–Kier alpha value is -2.11. The first-order valence-electron chi connectivity index (χ1n) is 8.80. The van der Waals surface area contributed by atoms with Crippen molar-refractivity contribution >= 4 is 25.7 Å². The Morgan fingerprint density at radius 1 is 1.11 bits per heavy atom. The van der Waals surface area contributed by atoms with Crippen molar-refractivity contribution in [1.29, 1.82) is 0 Å². The molecule has 1 aliphatic heterocycles. The average molecular weight is 430 g/mol. The molecule has 0 atom stereocenters. The summed E-state index contributed by atoms with van der Waals surface area (Å²) in [7, 11) is -6.43. The van der Waals surface area contributed by atoms with E-state index in [9.17, 15) is 16.8 Å². The number of hydrogen-bond donors (Lipinski definition) is 1. The van der Waals surface area contributed by atoms with E-state index in [1.54, 1.807) is 0 Å². The zero-order valence-electron chi connectivity index (χ0n) is 15.9. The third kappa shape index (κ3) is 3.87. The van der Waals surface area contributed by atoms with E-state index < -0.39 is 20.0 Å². The summed E-state index contributed by atoms with van der Waals surface area (Å²) in [6.45, 7) is 3.88. The quantitative estimate of drug-likeness (QED) is 0.748. The summed E-state index contributed by atoms with van der Waals surface area (Å²) in [5, 5.41) is 3.65. The lowest BCUT2D eigenvalue weighted by Crippen LogP contribution is -2.35. The van der Waals surface area contributed by atoms with Crippen molar-refractivity contribution in [3.63, 3.8) is 0 Å². The number of hydrogen-bond acceptors (Lipinski definition) is 7. The number of sulfonamides is 2. The van der Waals surface area contributed by atoms with Gasteiger partial charge in [0.2, 0.25) is 10.0 Å². The monoisotopic (exact) mass is 429 g/mol. The molecule has 3 rings (SSSR count). The van der Waals surface area contributed by atoms with Crippen LogP contribution in [0.4, 0.5) is 5.69 Å². The highest BCUT2D eigenvalue weighted by molar-refractivity contribution is 7.92. The van der Waals surface area contributed by atoms with Crippen molar-refractivity contribution in [3.05, 3.63) is 29.7 Å². The van der Waals surface area contributed by atoms with E-state index in [1.807, 2.05) is 0 Å². The van der Waals surface area contributed by atoms with Crippen molar-refractivity contribution in [3.8, 4) is 5.75 Å². The zero-order chi connectivity index (χ0) is 20.5. The number of nitrogens with one attached hydrogen (secondary N) is 1. The van der Waals surface area contributed by atoms with Crippen LogP contribution in [0.25, 0.3) is 0 Å². The lowest BCUT2D eigenvalue weighted by Gasteiger charge is -2.26. The van der Waals surface area contributed by atoms with Gasteiger partial charge in [-0.3, -0.25) is 4.72 Å². The minimum Gasteiger partial charge on any atom is -0.495 e. The fourth-order valence-corrected chi connectivity index (χ4v) is 6.33. The smallest absolute Gasteiger partial charge is 0.267 e. The molecule has 2 aromatic rings. The Bertz CT molecular complexity index is 1050. The van der Waals surface area contributed by atoms with Gasteiger partial charge in [-0.1, -0.05) is 11.6 Å². The van der Waals surface area contributed by atoms with Gasteiger partial charge >= 0.3 is 0 Å².